The van der Waals surface area contributed by atoms with E-state index in [1.54, 1.807) is 0 Å². The number of aromatic amines is 1. The highest BCUT2D eigenvalue weighted by Gasteiger charge is 2.27. The number of hydrogen-bond donors (Lipinski definition) is 2. The zero-order valence-corrected chi connectivity index (χ0v) is 23.8. The van der Waals surface area contributed by atoms with Gasteiger partial charge in [-0.05, 0) is 95.8 Å². The lowest BCUT2D eigenvalue weighted by molar-refractivity contribution is 0.112. The highest BCUT2D eigenvalue weighted by molar-refractivity contribution is 6.30. The largest absolute Gasteiger partial charge is 0.373 e. The average molecular weight is 541 g/mol. The molecule has 0 bridgehead atoms. The smallest absolute Gasteiger partial charge is 0.150 e. The summed E-state index contributed by atoms with van der Waals surface area (Å²) in [6, 6.07) is 18.5. The van der Waals surface area contributed by atoms with Crippen molar-refractivity contribution >= 4 is 40.2 Å². The van der Waals surface area contributed by atoms with Gasteiger partial charge in [-0.2, -0.15) is 0 Å². The van der Waals surface area contributed by atoms with Crippen LogP contribution in [0.5, 0.6) is 0 Å². The number of carbonyl (C=O) groups is 1. The van der Waals surface area contributed by atoms with E-state index in [-0.39, 0.29) is 0 Å². The van der Waals surface area contributed by atoms with Crippen LogP contribution in [0.2, 0.25) is 5.02 Å². The van der Waals surface area contributed by atoms with E-state index in [9.17, 15) is 4.79 Å². The standard InChI is InChI=1S/C33H37ClN4O/c1-33(2)12-10-26(31(19-33)24-4-7-29(34)8-5-24)21-35-14-15-38(3)30-9-6-27(22-39)28(18-30)17-23-16-25-11-13-36-32(25)37-20-23/h4-9,11,13,16,18,20,22,35H,10,12,14-15,17,19,21H2,1-3H3,(H,36,37). The number of fused-ring (bicyclic) bond motifs is 1. The molecule has 2 aromatic heterocycles. The lowest BCUT2D eigenvalue weighted by Crippen LogP contribution is -2.31. The van der Waals surface area contributed by atoms with Crippen LogP contribution in [-0.2, 0) is 6.42 Å². The second-order valence-electron chi connectivity index (χ2n) is 11.5. The highest BCUT2D eigenvalue weighted by Crippen LogP contribution is 2.42. The second kappa shape index (κ2) is 11.8. The van der Waals surface area contributed by atoms with Crippen molar-refractivity contribution < 1.29 is 4.79 Å². The molecule has 4 aromatic rings. The van der Waals surface area contributed by atoms with Gasteiger partial charge < -0.3 is 15.2 Å². The molecule has 0 amide bonds. The number of nitrogens with one attached hydrogen (secondary N) is 2. The Hall–Kier alpha value is -3.41. The van der Waals surface area contributed by atoms with E-state index >= 15 is 0 Å². The first kappa shape index (κ1) is 27.2. The van der Waals surface area contributed by atoms with Crippen molar-refractivity contribution in [1.82, 2.24) is 15.3 Å². The van der Waals surface area contributed by atoms with Crippen molar-refractivity contribution in [3.63, 3.8) is 0 Å². The number of benzene rings is 2. The van der Waals surface area contributed by atoms with Crippen molar-refractivity contribution in [3.05, 3.63) is 99.8 Å². The Morgan fingerprint density at radius 1 is 1.13 bits per heavy atom. The number of halogens is 1. The number of pyridine rings is 1. The SMILES string of the molecule is CN(CCNCC1=C(c2ccc(Cl)cc2)CC(C)(C)CC1)c1ccc(C=O)c(Cc2cnc3[nH]ccc3c2)c1. The number of carbonyl (C=O) groups excluding carboxylic acids is 1. The fourth-order valence-corrected chi connectivity index (χ4v) is 5.63. The van der Waals surface area contributed by atoms with Crippen LogP contribution >= 0.6 is 11.6 Å². The van der Waals surface area contributed by atoms with Gasteiger partial charge >= 0.3 is 0 Å². The molecule has 202 valence electrons. The van der Waals surface area contributed by atoms with Gasteiger partial charge in [-0.3, -0.25) is 4.79 Å². The van der Waals surface area contributed by atoms with Gasteiger partial charge in [-0.15, -0.1) is 0 Å². The van der Waals surface area contributed by atoms with E-state index in [1.807, 2.05) is 42.7 Å². The molecule has 1 aliphatic rings. The van der Waals surface area contributed by atoms with Crippen molar-refractivity contribution in [3.8, 4) is 0 Å². The van der Waals surface area contributed by atoms with Gasteiger partial charge in [0.25, 0.3) is 0 Å². The zero-order chi connectivity index (χ0) is 27.4. The quantitative estimate of drug-likeness (QED) is 0.163. The van der Waals surface area contributed by atoms with Crippen LogP contribution in [0.3, 0.4) is 0 Å². The molecule has 2 aromatic carbocycles. The first-order valence-electron chi connectivity index (χ1n) is 13.7. The summed E-state index contributed by atoms with van der Waals surface area (Å²) in [6.45, 7) is 7.36. The Morgan fingerprint density at radius 3 is 2.74 bits per heavy atom. The normalized spacial score (nSPS) is 15.1. The predicted molar refractivity (Wildman–Crippen MR) is 163 cm³/mol. The monoisotopic (exact) mass is 540 g/mol. The summed E-state index contributed by atoms with van der Waals surface area (Å²) in [4.78, 5) is 21.6. The van der Waals surface area contributed by atoms with Gasteiger partial charge in [0.05, 0.1) is 0 Å². The first-order chi connectivity index (χ1) is 18.8. The molecule has 5 nitrogen and oxygen atoms in total. The van der Waals surface area contributed by atoms with Crippen molar-refractivity contribution in [2.45, 2.75) is 39.5 Å². The minimum atomic E-state index is 0.313. The maximum absolute atomic E-state index is 11.8. The Balaban J connectivity index is 1.23. The number of allylic oxidation sites excluding steroid dienone is 1. The van der Waals surface area contributed by atoms with E-state index in [4.69, 9.17) is 11.6 Å². The third kappa shape index (κ3) is 6.60. The minimum Gasteiger partial charge on any atom is -0.373 e. The fourth-order valence-electron chi connectivity index (χ4n) is 5.50. The van der Waals surface area contributed by atoms with Gasteiger partial charge in [0.2, 0.25) is 0 Å². The predicted octanol–water partition coefficient (Wildman–Crippen LogP) is 7.31. The van der Waals surface area contributed by atoms with E-state index in [1.165, 1.54) is 23.1 Å². The molecule has 0 fully saturated rings. The summed E-state index contributed by atoms with van der Waals surface area (Å²) >= 11 is 6.16. The van der Waals surface area contributed by atoms with Crippen LogP contribution in [-0.4, -0.2) is 42.9 Å². The highest BCUT2D eigenvalue weighted by atomic mass is 35.5. The van der Waals surface area contributed by atoms with E-state index in [0.29, 0.717) is 11.8 Å². The topological polar surface area (TPSA) is 61.0 Å². The minimum absolute atomic E-state index is 0.313. The molecule has 0 radical (unpaired) electrons. The van der Waals surface area contributed by atoms with E-state index in [0.717, 1.165) is 77.2 Å². The van der Waals surface area contributed by atoms with Crippen molar-refractivity contribution in [2.24, 2.45) is 5.41 Å². The second-order valence-corrected chi connectivity index (χ2v) is 11.9. The summed E-state index contributed by atoms with van der Waals surface area (Å²) < 4.78 is 0. The maximum atomic E-state index is 11.8. The van der Waals surface area contributed by atoms with E-state index in [2.05, 4.69) is 65.3 Å². The number of aldehydes is 1. The molecule has 0 aliphatic heterocycles. The van der Waals surface area contributed by atoms with Crippen LogP contribution in [0.4, 0.5) is 5.69 Å². The summed E-state index contributed by atoms with van der Waals surface area (Å²) in [7, 11) is 2.11. The summed E-state index contributed by atoms with van der Waals surface area (Å²) in [5.41, 5.74) is 9.38. The maximum Gasteiger partial charge on any atom is 0.150 e. The van der Waals surface area contributed by atoms with Gasteiger partial charge in [-0.1, -0.05) is 43.2 Å². The van der Waals surface area contributed by atoms with E-state index < -0.39 is 0 Å². The molecule has 0 saturated carbocycles. The van der Waals surface area contributed by atoms with Crippen molar-refractivity contribution in [2.75, 3.05) is 31.6 Å². The number of rotatable bonds is 10. The molecular formula is C33H37ClN4O. The third-order valence-electron chi connectivity index (χ3n) is 7.89. The lowest BCUT2D eigenvalue weighted by Gasteiger charge is -2.34. The third-order valence-corrected chi connectivity index (χ3v) is 8.14. The Morgan fingerprint density at radius 2 is 1.95 bits per heavy atom. The Bertz CT molecular complexity index is 1490. The molecule has 5 rings (SSSR count). The van der Waals surface area contributed by atoms with Gasteiger partial charge in [0.15, 0.2) is 0 Å². The molecule has 1 aliphatic carbocycles. The van der Waals surface area contributed by atoms with Crippen LogP contribution in [0.25, 0.3) is 16.6 Å². The average Bonchev–Trinajstić information content (AvgIpc) is 3.40. The van der Waals surface area contributed by atoms with Gasteiger partial charge in [-0.25, -0.2) is 4.98 Å². The molecule has 6 heteroatoms. The molecule has 2 N–H and O–H groups in total. The molecular weight excluding hydrogens is 504 g/mol. The first-order valence-corrected chi connectivity index (χ1v) is 14.1. The van der Waals surface area contributed by atoms with Crippen LogP contribution in [0.15, 0.2) is 72.6 Å². The molecule has 0 saturated heterocycles. The van der Waals surface area contributed by atoms with Crippen LogP contribution in [0.1, 0.15) is 60.2 Å². The van der Waals surface area contributed by atoms with Crippen LogP contribution < -0.4 is 10.2 Å². The number of hydrogen-bond acceptors (Lipinski definition) is 4. The fraction of sp³-hybridized carbons (Fsp3) is 0.333. The number of aromatic nitrogens is 2. The molecule has 2 heterocycles. The van der Waals surface area contributed by atoms with Crippen LogP contribution in [0, 0.1) is 5.41 Å². The summed E-state index contributed by atoms with van der Waals surface area (Å²) in [5, 5.41) is 5.55. The number of nitrogens with zero attached hydrogens (tertiary/aromatic N) is 2. The summed E-state index contributed by atoms with van der Waals surface area (Å²) in [5.74, 6) is 0. The molecule has 0 spiro atoms. The van der Waals surface area contributed by atoms with Crippen molar-refractivity contribution in [1.29, 1.82) is 0 Å². The lowest BCUT2D eigenvalue weighted by atomic mass is 9.72. The molecule has 39 heavy (non-hydrogen) atoms. The number of H-pyrrole nitrogens is 1. The number of likely N-dealkylation sites (N-methyl/N-ethyl adjacent to an activating group) is 1. The Labute approximate surface area is 236 Å². The summed E-state index contributed by atoms with van der Waals surface area (Å²) in [6.07, 6.45) is 8.80. The number of anilines is 1. The molecule has 0 unspecified atom stereocenters. The zero-order valence-electron chi connectivity index (χ0n) is 23.1. The Kier molecular flexibility index (Phi) is 8.20. The van der Waals surface area contributed by atoms with Gasteiger partial charge in [0, 0.05) is 60.7 Å². The molecule has 0 atom stereocenters. The van der Waals surface area contributed by atoms with Gasteiger partial charge in [0.1, 0.15) is 11.9 Å².